The van der Waals surface area contributed by atoms with Crippen molar-refractivity contribution in [2.45, 2.75) is 0 Å². The van der Waals surface area contributed by atoms with Gasteiger partial charge in [-0.2, -0.15) is 0 Å². The fourth-order valence-electron chi connectivity index (χ4n) is 2.19. The Bertz CT molecular complexity index is 961. The molecular formula is C17H9ClN2O5. The van der Waals surface area contributed by atoms with Crippen LogP contribution < -0.4 is 0 Å². The van der Waals surface area contributed by atoms with Gasteiger partial charge in [-0.05, 0) is 36.4 Å². The van der Waals surface area contributed by atoms with Crippen LogP contribution in [-0.2, 0) is 0 Å². The zero-order valence-electron chi connectivity index (χ0n) is 12.5. The Morgan fingerprint density at radius 1 is 0.960 bits per heavy atom. The number of halogens is 1. The highest BCUT2D eigenvalue weighted by atomic mass is 35.5. The van der Waals surface area contributed by atoms with Crippen LogP contribution in [-0.4, -0.2) is 21.6 Å². The fraction of sp³-hybridized carbons (Fsp3) is 0. The summed E-state index contributed by atoms with van der Waals surface area (Å²) < 4.78 is 4.79. The van der Waals surface area contributed by atoms with Crippen molar-refractivity contribution >= 4 is 28.9 Å². The summed E-state index contributed by atoms with van der Waals surface area (Å²) in [7, 11) is 0. The van der Waals surface area contributed by atoms with Crippen molar-refractivity contribution in [1.82, 2.24) is 5.16 Å². The predicted molar refractivity (Wildman–Crippen MR) is 87.9 cm³/mol. The molecule has 0 bridgehead atoms. The lowest BCUT2D eigenvalue weighted by atomic mass is 9.99. The van der Waals surface area contributed by atoms with Gasteiger partial charge in [0.1, 0.15) is 6.26 Å². The first-order valence-electron chi connectivity index (χ1n) is 7.01. The van der Waals surface area contributed by atoms with Crippen molar-refractivity contribution < 1.29 is 19.0 Å². The number of nitro groups is 1. The molecule has 7 nitrogen and oxygen atoms in total. The average molecular weight is 357 g/mol. The first-order chi connectivity index (χ1) is 12.0. The van der Waals surface area contributed by atoms with Gasteiger partial charge in [-0.1, -0.05) is 16.8 Å². The number of carbonyl (C=O) groups is 2. The molecule has 0 fully saturated rings. The van der Waals surface area contributed by atoms with Crippen molar-refractivity contribution in [2.75, 3.05) is 0 Å². The van der Waals surface area contributed by atoms with Gasteiger partial charge in [0.15, 0.2) is 11.5 Å². The summed E-state index contributed by atoms with van der Waals surface area (Å²) in [6, 6.07) is 11.2. The van der Waals surface area contributed by atoms with E-state index >= 15 is 0 Å². The second-order valence-corrected chi connectivity index (χ2v) is 5.48. The largest absolute Gasteiger partial charge is 0.363 e. The number of nitro benzene ring substituents is 1. The SMILES string of the molecule is O=C(c1ccc([N+](=O)[O-])cc1)c1conc1C(=O)c1ccc(Cl)cc1. The van der Waals surface area contributed by atoms with Crippen LogP contribution >= 0.6 is 11.6 Å². The van der Waals surface area contributed by atoms with Crippen LogP contribution in [0.4, 0.5) is 5.69 Å². The minimum absolute atomic E-state index is 0.0196. The standard InChI is InChI=1S/C17H9ClN2O5/c18-12-5-1-11(2-6-12)17(22)15-14(9-25-19-15)16(21)10-3-7-13(8-4-10)20(23)24/h1-9H. The first kappa shape index (κ1) is 16.5. The van der Waals surface area contributed by atoms with E-state index in [4.69, 9.17) is 16.1 Å². The van der Waals surface area contributed by atoms with Crippen LogP contribution in [0.2, 0.25) is 5.02 Å². The number of aromatic nitrogens is 1. The van der Waals surface area contributed by atoms with E-state index in [9.17, 15) is 19.7 Å². The van der Waals surface area contributed by atoms with Crippen LogP contribution in [0.15, 0.2) is 59.3 Å². The number of rotatable bonds is 5. The van der Waals surface area contributed by atoms with E-state index < -0.39 is 16.5 Å². The van der Waals surface area contributed by atoms with Crippen LogP contribution in [0.3, 0.4) is 0 Å². The Morgan fingerprint density at radius 3 is 2.12 bits per heavy atom. The molecule has 0 atom stereocenters. The van der Waals surface area contributed by atoms with E-state index in [0.29, 0.717) is 10.6 Å². The number of hydrogen-bond acceptors (Lipinski definition) is 6. The minimum atomic E-state index is -0.566. The molecule has 0 N–H and O–H groups in total. The molecule has 3 rings (SSSR count). The molecule has 2 aromatic carbocycles. The topological polar surface area (TPSA) is 103 Å². The molecule has 0 unspecified atom stereocenters. The Balaban J connectivity index is 1.92. The lowest BCUT2D eigenvalue weighted by Crippen LogP contribution is -2.10. The molecule has 1 heterocycles. The van der Waals surface area contributed by atoms with E-state index in [2.05, 4.69) is 5.16 Å². The summed E-state index contributed by atoms with van der Waals surface area (Å²) >= 11 is 5.79. The number of carbonyl (C=O) groups excluding carboxylic acids is 2. The van der Waals surface area contributed by atoms with Crippen LogP contribution in [0, 0.1) is 10.1 Å². The van der Waals surface area contributed by atoms with Crippen molar-refractivity contribution in [1.29, 1.82) is 0 Å². The fourth-order valence-corrected chi connectivity index (χ4v) is 2.32. The molecule has 0 aliphatic rings. The Labute approximate surface area is 146 Å². The lowest BCUT2D eigenvalue weighted by molar-refractivity contribution is -0.384. The van der Waals surface area contributed by atoms with Crippen molar-refractivity contribution in [2.24, 2.45) is 0 Å². The van der Waals surface area contributed by atoms with Crippen molar-refractivity contribution in [3.63, 3.8) is 0 Å². The van der Waals surface area contributed by atoms with Crippen molar-refractivity contribution in [3.8, 4) is 0 Å². The minimum Gasteiger partial charge on any atom is -0.363 e. The van der Waals surface area contributed by atoms with Gasteiger partial charge in [-0.15, -0.1) is 0 Å². The van der Waals surface area contributed by atoms with Crippen molar-refractivity contribution in [3.05, 3.63) is 92.3 Å². The molecule has 8 heteroatoms. The summed E-state index contributed by atoms with van der Waals surface area (Å²) in [5.41, 5.74) is 0.189. The van der Waals surface area contributed by atoms with Gasteiger partial charge in [-0.25, -0.2) is 0 Å². The highest BCUT2D eigenvalue weighted by Gasteiger charge is 2.24. The van der Waals surface area contributed by atoms with E-state index in [1.165, 1.54) is 36.4 Å². The third-order valence-electron chi connectivity index (χ3n) is 3.48. The molecular weight excluding hydrogens is 348 g/mol. The maximum absolute atomic E-state index is 12.6. The Kier molecular flexibility index (Phi) is 4.40. The number of hydrogen-bond donors (Lipinski definition) is 0. The highest BCUT2D eigenvalue weighted by molar-refractivity contribution is 6.30. The number of benzene rings is 2. The van der Waals surface area contributed by atoms with Gasteiger partial charge in [0.05, 0.1) is 10.5 Å². The summed E-state index contributed by atoms with van der Waals surface area (Å²) in [6.45, 7) is 0. The van der Waals surface area contributed by atoms with E-state index in [-0.39, 0.29) is 22.5 Å². The van der Waals surface area contributed by atoms with Gasteiger partial charge >= 0.3 is 0 Å². The Morgan fingerprint density at radius 2 is 1.52 bits per heavy atom. The molecule has 0 saturated carbocycles. The van der Waals surface area contributed by atoms with Gasteiger partial charge in [0, 0.05) is 28.3 Å². The first-order valence-corrected chi connectivity index (χ1v) is 7.39. The highest BCUT2D eigenvalue weighted by Crippen LogP contribution is 2.20. The summed E-state index contributed by atoms with van der Waals surface area (Å²) in [5.74, 6) is -1.01. The second-order valence-electron chi connectivity index (χ2n) is 5.05. The van der Waals surface area contributed by atoms with Crippen LogP contribution in [0.1, 0.15) is 32.0 Å². The van der Waals surface area contributed by atoms with E-state index in [0.717, 1.165) is 6.26 Å². The van der Waals surface area contributed by atoms with Gasteiger partial charge in [-0.3, -0.25) is 19.7 Å². The molecule has 124 valence electrons. The lowest BCUT2D eigenvalue weighted by Gasteiger charge is -2.02. The van der Waals surface area contributed by atoms with E-state index in [1.54, 1.807) is 12.1 Å². The molecule has 0 radical (unpaired) electrons. The van der Waals surface area contributed by atoms with E-state index in [1.807, 2.05) is 0 Å². The molecule has 0 spiro atoms. The monoisotopic (exact) mass is 356 g/mol. The quantitative estimate of drug-likeness (QED) is 0.392. The number of ketones is 2. The van der Waals surface area contributed by atoms with Gasteiger partial charge < -0.3 is 4.52 Å². The zero-order valence-corrected chi connectivity index (χ0v) is 13.3. The van der Waals surface area contributed by atoms with Crippen LogP contribution in [0.5, 0.6) is 0 Å². The van der Waals surface area contributed by atoms with Gasteiger partial charge in [0.25, 0.3) is 5.69 Å². The number of non-ortho nitro benzene ring substituents is 1. The van der Waals surface area contributed by atoms with Gasteiger partial charge in [0.2, 0.25) is 5.78 Å². The molecule has 3 aromatic rings. The smallest absolute Gasteiger partial charge is 0.269 e. The molecule has 0 aliphatic carbocycles. The van der Waals surface area contributed by atoms with Crippen LogP contribution in [0.25, 0.3) is 0 Å². The molecule has 1 aromatic heterocycles. The summed E-state index contributed by atoms with van der Waals surface area (Å²) in [5, 5.41) is 14.8. The second kappa shape index (κ2) is 6.66. The zero-order chi connectivity index (χ0) is 18.0. The third-order valence-corrected chi connectivity index (χ3v) is 3.73. The Hall–Kier alpha value is -3.32. The molecule has 0 aliphatic heterocycles. The maximum Gasteiger partial charge on any atom is 0.269 e. The predicted octanol–water partition coefficient (Wildman–Crippen LogP) is 3.70. The summed E-state index contributed by atoms with van der Waals surface area (Å²) in [6.07, 6.45) is 1.08. The number of nitrogens with zero attached hydrogens (tertiary/aromatic N) is 2. The normalized spacial score (nSPS) is 10.4. The summed E-state index contributed by atoms with van der Waals surface area (Å²) in [4.78, 5) is 35.2. The average Bonchev–Trinajstić information content (AvgIpc) is 3.11. The molecule has 25 heavy (non-hydrogen) atoms. The third kappa shape index (κ3) is 3.31. The molecule has 0 saturated heterocycles. The molecule has 0 amide bonds. The maximum atomic E-state index is 12.6.